The minimum Gasteiger partial charge on any atom is -0.872 e. The van der Waals surface area contributed by atoms with Crippen LogP contribution in [0.4, 0.5) is 0 Å². The minimum atomic E-state index is -0.220. The second-order valence-corrected chi connectivity index (χ2v) is 5.03. The molecule has 0 fully saturated rings. The number of allylic oxidation sites excluding steroid dienone is 1. The maximum Gasteiger partial charge on any atom is 0.193 e. The summed E-state index contributed by atoms with van der Waals surface area (Å²) in [5.41, 5.74) is 2.72. The highest BCUT2D eigenvalue weighted by Crippen LogP contribution is 2.36. The summed E-state index contributed by atoms with van der Waals surface area (Å²) >= 11 is 5.92. The van der Waals surface area contributed by atoms with Crippen LogP contribution in [0.25, 0.3) is 11.3 Å². The molecule has 94 valence electrons. The minimum absolute atomic E-state index is 0.211. The number of Topliss-reactive ketones (excluding diaryl/α,β-unsaturated/α-hetero) is 1. The number of halogens is 1. The number of rotatable bonds is 1. The van der Waals surface area contributed by atoms with Crippen LogP contribution < -0.4 is 5.11 Å². The number of benzene rings is 2. The largest absolute Gasteiger partial charge is 0.872 e. The summed E-state index contributed by atoms with van der Waals surface area (Å²) < 4.78 is 0. The molecule has 0 atom stereocenters. The van der Waals surface area contributed by atoms with Gasteiger partial charge in [-0.25, -0.2) is 0 Å². The van der Waals surface area contributed by atoms with Crippen molar-refractivity contribution >= 4 is 28.7 Å². The standard InChI is InChI=1S/C16H11ClO2/c1-9-5-6-12-13(7-9)16(19)14(15(12)18)10-3-2-4-11(17)8-10/h2-8,19H,1H3/p-1. The first-order chi connectivity index (χ1) is 9.08. The fraction of sp³-hybridized carbons (Fsp3) is 0.0625. The van der Waals surface area contributed by atoms with Crippen molar-refractivity contribution in [3.05, 3.63) is 69.7 Å². The molecule has 0 spiro atoms. The quantitative estimate of drug-likeness (QED) is 0.798. The zero-order chi connectivity index (χ0) is 13.6. The summed E-state index contributed by atoms with van der Waals surface area (Å²) in [5, 5.41) is 12.9. The van der Waals surface area contributed by atoms with Gasteiger partial charge >= 0.3 is 0 Å². The van der Waals surface area contributed by atoms with E-state index in [1.807, 2.05) is 13.0 Å². The SMILES string of the molecule is Cc1ccc2c(c1)C([O-])=C(c1cccc(Cl)c1)C2=O. The van der Waals surface area contributed by atoms with Crippen LogP contribution in [0.2, 0.25) is 5.02 Å². The number of ketones is 1. The van der Waals surface area contributed by atoms with Gasteiger partial charge in [0.15, 0.2) is 5.78 Å². The van der Waals surface area contributed by atoms with Crippen LogP contribution in [0.3, 0.4) is 0 Å². The van der Waals surface area contributed by atoms with E-state index in [9.17, 15) is 9.90 Å². The molecule has 0 heterocycles. The van der Waals surface area contributed by atoms with Crippen molar-refractivity contribution in [2.75, 3.05) is 0 Å². The molecule has 19 heavy (non-hydrogen) atoms. The molecule has 3 rings (SSSR count). The lowest BCUT2D eigenvalue weighted by molar-refractivity contribution is -0.242. The Morgan fingerprint density at radius 3 is 2.58 bits per heavy atom. The normalized spacial score (nSPS) is 13.9. The molecule has 2 aromatic rings. The molecule has 2 aromatic carbocycles. The molecular weight excluding hydrogens is 260 g/mol. The Morgan fingerprint density at radius 2 is 1.84 bits per heavy atom. The van der Waals surface area contributed by atoms with Gasteiger partial charge in [0.2, 0.25) is 0 Å². The summed E-state index contributed by atoms with van der Waals surface area (Å²) in [5.74, 6) is -0.437. The van der Waals surface area contributed by atoms with Crippen molar-refractivity contribution in [1.29, 1.82) is 0 Å². The van der Waals surface area contributed by atoms with E-state index in [1.54, 1.807) is 36.4 Å². The average molecular weight is 270 g/mol. The molecule has 0 bridgehead atoms. The van der Waals surface area contributed by atoms with Gasteiger partial charge in [-0.3, -0.25) is 4.79 Å². The second kappa shape index (κ2) is 4.25. The molecule has 0 radical (unpaired) electrons. The van der Waals surface area contributed by atoms with Crippen LogP contribution in [-0.4, -0.2) is 5.78 Å². The summed E-state index contributed by atoms with van der Waals surface area (Å²) in [7, 11) is 0. The van der Waals surface area contributed by atoms with E-state index in [4.69, 9.17) is 11.6 Å². The van der Waals surface area contributed by atoms with Crippen LogP contribution in [0.1, 0.15) is 27.0 Å². The first kappa shape index (κ1) is 12.0. The molecule has 0 unspecified atom stereocenters. The molecule has 0 aromatic heterocycles. The Morgan fingerprint density at radius 1 is 1.05 bits per heavy atom. The number of hydrogen-bond donors (Lipinski definition) is 0. The van der Waals surface area contributed by atoms with Crippen molar-refractivity contribution in [3.8, 4) is 0 Å². The highest BCUT2D eigenvalue weighted by Gasteiger charge is 2.25. The molecule has 3 heteroatoms. The lowest BCUT2D eigenvalue weighted by atomic mass is 10.0. The van der Waals surface area contributed by atoms with Crippen LogP contribution in [-0.2, 0) is 0 Å². The third-order valence-corrected chi connectivity index (χ3v) is 3.47. The second-order valence-electron chi connectivity index (χ2n) is 4.59. The number of aryl methyl sites for hydroxylation is 1. The zero-order valence-corrected chi connectivity index (χ0v) is 11.0. The maximum absolute atomic E-state index is 12.4. The lowest BCUT2D eigenvalue weighted by Crippen LogP contribution is -2.03. The van der Waals surface area contributed by atoms with Gasteiger partial charge in [-0.1, -0.05) is 53.3 Å². The summed E-state index contributed by atoms with van der Waals surface area (Å²) in [6.07, 6.45) is 0. The molecule has 1 aliphatic rings. The molecule has 0 aliphatic heterocycles. The van der Waals surface area contributed by atoms with E-state index < -0.39 is 0 Å². The molecule has 0 N–H and O–H groups in total. The van der Waals surface area contributed by atoms with Crippen LogP contribution in [0.5, 0.6) is 0 Å². The lowest BCUT2D eigenvalue weighted by Gasteiger charge is -2.12. The van der Waals surface area contributed by atoms with E-state index in [0.717, 1.165) is 5.56 Å². The van der Waals surface area contributed by atoms with Gasteiger partial charge < -0.3 is 5.11 Å². The Labute approximate surface area is 116 Å². The molecule has 0 saturated heterocycles. The van der Waals surface area contributed by atoms with Crippen molar-refractivity contribution in [2.45, 2.75) is 6.92 Å². The predicted octanol–water partition coefficient (Wildman–Crippen LogP) is 3.07. The van der Waals surface area contributed by atoms with Crippen molar-refractivity contribution in [2.24, 2.45) is 0 Å². The van der Waals surface area contributed by atoms with Gasteiger partial charge in [0.1, 0.15) is 0 Å². The first-order valence-corrected chi connectivity index (χ1v) is 6.28. The third kappa shape index (κ3) is 1.85. The topological polar surface area (TPSA) is 40.1 Å². The summed E-state index contributed by atoms with van der Waals surface area (Å²) in [4.78, 5) is 12.3. The Balaban J connectivity index is 2.22. The molecule has 0 amide bonds. The Kier molecular flexibility index (Phi) is 2.68. The van der Waals surface area contributed by atoms with Crippen molar-refractivity contribution in [1.82, 2.24) is 0 Å². The van der Waals surface area contributed by atoms with Gasteiger partial charge in [0, 0.05) is 16.2 Å². The van der Waals surface area contributed by atoms with Crippen molar-refractivity contribution in [3.63, 3.8) is 0 Å². The maximum atomic E-state index is 12.4. The summed E-state index contributed by atoms with van der Waals surface area (Å²) in [6, 6.07) is 12.1. The first-order valence-electron chi connectivity index (χ1n) is 5.91. The average Bonchev–Trinajstić information content (AvgIpc) is 2.61. The van der Waals surface area contributed by atoms with E-state index >= 15 is 0 Å². The van der Waals surface area contributed by atoms with Gasteiger partial charge in [0.05, 0.1) is 0 Å². The number of fused-ring (bicyclic) bond motifs is 1. The smallest absolute Gasteiger partial charge is 0.193 e. The monoisotopic (exact) mass is 269 g/mol. The zero-order valence-electron chi connectivity index (χ0n) is 10.2. The predicted molar refractivity (Wildman–Crippen MR) is 73.8 cm³/mol. The Hall–Kier alpha value is -2.06. The van der Waals surface area contributed by atoms with Gasteiger partial charge in [-0.2, -0.15) is 0 Å². The highest BCUT2D eigenvalue weighted by molar-refractivity contribution is 6.39. The number of carbonyl (C=O) groups is 1. The van der Waals surface area contributed by atoms with E-state index in [1.165, 1.54) is 0 Å². The molecule has 1 aliphatic carbocycles. The number of hydrogen-bond acceptors (Lipinski definition) is 2. The van der Waals surface area contributed by atoms with Gasteiger partial charge in [-0.15, -0.1) is 0 Å². The van der Waals surface area contributed by atoms with E-state index in [-0.39, 0.29) is 17.1 Å². The molecule has 0 saturated carbocycles. The van der Waals surface area contributed by atoms with Crippen LogP contribution >= 0.6 is 11.6 Å². The number of carbonyl (C=O) groups excluding carboxylic acids is 1. The molecular formula is C16H10ClO2-. The van der Waals surface area contributed by atoms with Gasteiger partial charge in [0.25, 0.3) is 0 Å². The van der Waals surface area contributed by atoms with Gasteiger partial charge in [-0.05, 0) is 30.2 Å². The molecule has 2 nitrogen and oxygen atoms in total. The highest BCUT2D eigenvalue weighted by atomic mass is 35.5. The fourth-order valence-corrected chi connectivity index (χ4v) is 2.51. The summed E-state index contributed by atoms with van der Waals surface area (Å²) in [6.45, 7) is 1.90. The van der Waals surface area contributed by atoms with Crippen LogP contribution in [0, 0.1) is 6.92 Å². The van der Waals surface area contributed by atoms with E-state index in [0.29, 0.717) is 21.7 Å². The fourth-order valence-electron chi connectivity index (χ4n) is 2.32. The van der Waals surface area contributed by atoms with Crippen molar-refractivity contribution < 1.29 is 9.90 Å². The Bertz CT molecular complexity index is 729. The van der Waals surface area contributed by atoms with E-state index in [2.05, 4.69) is 0 Å². The third-order valence-electron chi connectivity index (χ3n) is 3.23. The van der Waals surface area contributed by atoms with Crippen LogP contribution in [0.15, 0.2) is 42.5 Å².